The number of carbonyl (C=O) groups excluding carboxylic acids is 2. The number of nitro benzene ring substituents is 1. The Kier molecular flexibility index (Phi) is 7.36. The molecule has 0 atom stereocenters. The number of rotatable bonds is 6. The Hall–Kier alpha value is -3.77. The third-order valence-corrected chi connectivity index (χ3v) is 6.24. The Balaban J connectivity index is 1.64. The van der Waals surface area contributed by atoms with Crippen LogP contribution in [0, 0.1) is 20.6 Å². The lowest BCUT2D eigenvalue weighted by Gasteiger charge is -2.13. The second-order valence-corrected chi connectivity index (χ2v) is 9.07. The highest BCUT2D eigenvalue weighted by atomic mass is 127. The van der Waals surface area contributed by atoms with E-state index in [1.807, 2.05) is 41.6 Å². The van der Waals surface area contributed by atoms with Crippen molar-refractivity contribution < 1.29 is 28.7 Å². The SMILES string of the molecule is COc1cc(/C=C2\N=C(c3ccc([N+](=O)[O-])cc3Cl)OC2=O)cc(I)c1OC(=O)c1ccccc1C. The summed E-state index contributed by atoms with van der Waals surface area (Å²) in [5, 5.41) is 10.9. The first-order valence-electron chi connectivity index (χ1n) is 10.3. The van der Waals surface area contributed by atoms with Gasteiger partial charge in [0.05, 0.1) is 31.8 Å². The summed E-state index contributed by atoms with van der Waals surface area (Å²) >= 11 is 8.13. The number of benzene rings is 3. The van der Waals surface area contributed by atoms with Gasteiger partial charge in [-0.1, -0.05) is 29.8 Å². The van der Waals surface area contributed by atoms with E-state index in [4.69, 9.17) is 25.8 Å². The second-order valence-electron chi connectivity index (χ2n) is 7.50. The minimum atomic E-state index is -0.719. The number of aliphatic imine (C=N–C) groups is 1. The Morgan fingerprint density at radius 2 is 1.94 bits per heavy atom. The first-order chi connectivity index (χ1) is 17.2. The van der Waals surface area contributed by atoms with Crippen LogP contribution in [0.15, 0.2) is 65.3 Å². The van der Waals surface area contributed by atoms with Crippen LogP contribution in [0.3, 0.4) is 0 Å². The van der Waals surface area contributed by atoms with Gasteiger partial charge in [0.15, 0.2) is 17.2 Å². The fraction of sp³-hybridized carbons (Fsp3) is 0.0800. The summed E-state index contributed by atoms with van der Waals surface area (Å²) in [6.07, 6.45) is 1.48. The van der Waals surface area contributed by atoms with Gasteiger partial charge in [-0.3, -0.25) is 10.1 Å². The molecule has 0 aromatic heterocycles. The van der Waals surface area contributed by atoms with Crippen molar-refractivity contribution in [1.82, 2.24) is 0 Å². The number of methoxy groups -OCH3 is 1. The molecule has 182 valence electrons. The van der Waals surface area contributed by atoms with Crippen LogP contribution in [0.2, 0.25) is 5.02 Å². The number of cyclic esters (lactones) is 1. The van der Waals surface area contributed by atoms with Gasteiger partial charge in [0.1, 0.15) is 0 Å². The number of carbonyl (C=O) groups is 2. The molecule has 0 amide bonds. The minimum absolute atomic E-state index is 0.0121. The highest BCUT2D eigenvalue weighted by molar-refractivity contribution is 14.1. The van der Waals surface area contributed by atoms with E-state index >= 15 is 0 Å². The van der Waals surface area contributed by atoms with Crippen LogP contribution in [-0.4, -0.2) is 29.9 Å². The fourth-order valence-electron chi connectivity index (χ4n) is 3.35. The van der Waals surface area contributed by atoms with Crippen LogP contribution in [0.5, 0.6) is 11.5 Å². The van der Waals surface area contributed by atoms with Crippen molar-refractivity contribution in [2.75, 3.05) is 7.11 Å². The van der Waals surface area contributed by atoms with Crippen molar-refractivity contribution in [2.24, 2.45) is 4.99 Å². The minimum Gasteiger partial charge on any atom is -0.493 e. The van der Waals surface area contributed by atoms with E-state index in [2.05, 4.69) is 4.99 Å². The molecule has 4 rings (SSSR count). The number of halogens is 2. The zero-order valence-electron chi connectivity index (χ0n) is 18.8. The van der Waals surface area contributed by atoms with Crippen molar-refractivity contribution in [3.63, 3.8) is 0 Å². The summed E-state index contributed by atoms with van der Waals surface area (Å²) in [6, 6.07) is 14.1. The average Bonchev–Trinajstić information content (AvgIpc) is 3.20. The zero-order chi connectivity index (χ0) is 26.0. The molecule has 0 saturated carbocycles. The lowest BCUT2D eigenvalue weighted by Crippen LogP contribution is -2.11. The average molecular weight is 619 g/mol. The second kappa shape index (κ2) is 10.5. The quantitative estimate of drug-likeness (QED) is 0.0864. The summed E-state index contributed by atoms with van der Waals surface area (Å²) in [5.74, 6) is -0.793. The summed E-state index contributed by atoms with van der Waals surface area (Å²) in [7, 11) is 1.43. The van der Waals surface area contributed by atoms with Gasteiger partial charge < -0.3 is 14.2 Å². The van der Waals surface area contributed by atoms with E-state index in [0.29, 0.717) is 14.7 Å². The molecule has 1 heterocycles. The number of hydrogen-bond acceptors (Lipinski definition) is 8. The molecule has 36 heavy (non-hydrogen) atoms. The Labute approximate surface area is 223 Å². The molecule has 1 aliphatic rings. The Morgan fingerprint density at radius 3 is 2.61 bits per heavy atom. The Bertz CT molecular complexity index is 1480. The summed E-state index contributed by atoms with van der Waals surface area (Å²) in [5.41, 5.74) is 1.78. The lowest BCUT2D eigenvalue weighted by molar-refractivity contribution is -0.384. The summed E-state index contributed by atoms with van der Waals surface area (Å²) in [4.78, 5) is 39.7. The molecule has 0 spiro atoms. The number of ether oxygens (including phenoxy) is 3. The van der Waals surface area contributed by atoms with E-state index < -0.39 is 16.9 Å². The van der Waals surface area contributed by atoms with Gasteiger partial charge in [-0.05, 0) is 71.0 Å². The van der Waals surface area contributed by atoms with Crippen LogP contribution in [0.4, 0.5) is 5.69 Å². The van der Waals surface area contributed by atoms with Gasteiger partial charge in [0.25, 0.3) is 5.69 Å². The van der Waals surface area contributed by atoms with Crippen molar-refractivity contribution in [3.05, 3.63) is 101 Å². The summed E-state index contributed by atoms with van der Waals surface area (Å²) < 4.78 is 16.8. The number of hydrogen-bond donors (Lipinski definition) is 0. The largest absolute Gasteiger partial charge is 0.493 e. The normalized spacial score (nSPS) is 13.8. The van der Waals surface area contributed by atoms with E-state index in [1.165, 1.54) is 25.3 Å². The van der Waals surface area contributed by atoms with Crippen molar-refractivity contribution in [2.45, 2.75) is 6.92 Å². The molecule has 0 fully saturated rings. The predicted octanol–water partition coefficient (Wildman–Crippen LogP) is 5.73. The molecule has 0 saturated heterocycles. The van der Waals surface area contributed by atoms with Crippen molar-refractivity contribution in [1.29, 1.82) is 0 Å². The molecule has 3 aromatic rings. The molecule has 0 bridgehead atoms. The molecule has 0 unspecified atom stereocenters. The van der Waals surface area contributed by atoms with Crippen molar-refractivity contribution >= 4 is 63.8 Å². The van der Waals surface area contributed by atoms with E-state index in [-0.39, 0.29) is 39.4 Å². The molecule has 9 nitrogen and oxygen atoms in total. The lowest BCUT2D eigenvalue weighted by atomic mass is 10.1. The molecule has 1 aliphatic heterocycles. The highest BCUT2D eigenvalue weighted by Gasteiger charge is 2.27. The van der Waals surface area contributed by atoms with Crippen LogP contribution in [0.25, 0.3) is 6.08 Å². The number of aryl methyl sites for hydroxylation is 1. The van der Waals surface area contributed by atoms with Gasteiger partial charge in [-0.2, -0.15) is 0 Å². The topological polar surface area (TPSA) is 117 Å². The molecule has 11 heteroatoms. The number of nitrogens with zero attached hydrogens (tertiary/aromatic N) is 2. The molecule has 0 aliphatic carbocycles. The molecule has 0 radical (unpaired) electrons. The maximum Gasteiger partial charge on any atom is 0.363 e. The van der Waals surface area contributed by atoms with Gasteiger partial charge >= 0.3 is 11.9 Å². The van der Waals surface area contributed by atoms with E-state index in [0.717, 1.165) is 11.6 Å². The zero-order valence-corrected chi connectivity index (χ0v) is 21.7. The molecular formula is C25H16ClIN2O7. The first-order valence-corrected chi connectivity index (χ1v) is 11.8. The number of esters is 2. The van der Waals surface area contributed by atoms with Crippen molar-refractivity contribution in [3.8, 4) is 11.5 Å². The molecule has 0 N–H and O–H groups in total. The van der Waals surface area contributed by atoms with Crippen LogP contribution >= 0.6 is 34.2 Å². The predicted molar refractivity (Wildman–Crippen MR) is 141 cm³/mol. The van der Waals surface area contributed by atoms with E-state index in [1.54, 1.807) is 24.3 Å². The van der Waals surface area contributed by atoms with Crippen LogP contribution in [-0.2, 0) is 9.53 Å². The Morgan fingerprint density at radius 1 is 1.19 bits per heavy atom. The standard InChI is InChI=1S/C25H16ClIN2O7/c1-13-5-3-4-6-16(13)24(30)35-22-19(27)9-14(11-21(22)34-2)10-20-25(31)36-23(28-20)17-8-7-15(29(32)33)12-18(17)26/h3-12H,1-2H3/b20-10-. The third-order valence-electron chi connectivity index (χ3n) is 5.13. The molecule has 3 aromatic carbocycles. The van der Waals surface area contributed by atoms with Gasteiger partial charge in [-0.25, -0.2) is 14.6 Å². The highest BCUT2D eigenvalue weighted by Crippen LogP contribution is 2.36. The van der Waals surface area contributed by atoms with Crippen LogP contribution < -0.4 is 9.47 Å². The maximum atomic E-state index is 12.7. The van der Waals surface area contributed by atoms with Crippen LogP contribution in [0.1, 0.15) is 27.0 Å². The third kappa shape index (κ3) is 5.24. The first kappa shape index (κ1) is 25.3. The fourth-order valence-corrected chi connectivity index (χ4v) is 4.34. The van der Waals surface area contributed by atoms with Gasteiger partial charge in [0, 0.05) is 12.1 Å². The smallest absolute Gasteiger partial charge is 0.363 e. The summed E-state index contributed by atoms with van der Waals surface area (Å²) in [6.45, 7) is 1.81. The van der Waals surface area contributed by atoms with Gasteiger partial charge in [-0.15, -0.1) is 0 Å². The van der Waals surface area contributed by atoms with Gasteiger partial charge in [0.2, 0.25) is 5.90 Å². The monoisotopic (exact) mass is 618 g/mol. The molecular weight excluding hydrogens is 603 g/mol. The number of non-ortho nitro benzene ring substituents is 1. The number of nitro groups is 1. The van der Waals surface area contributed by atoms with E-state index in [9.17, 15) is 19.7 Å². The maximum absolute atomic E-state index is 12.7.